The molecule has 0 fully saturated rings. The molecule has 0 spiro atoms. The summed E-state index contributed by atoms with van der Waals surface area (Å²) >= 11 is 5.91. The SMILES string of the molecule is Cc1cc(Cl)cc(-c2cccc(=O)[nH]2)n1. The van der Waals surface area contributed by atoms with Crippen LogP contribution >= 0.6 is 11.6 Å². The maximum Gasteiger partial charge on any atom is 0.248 e. The van der Waals surface area contributed by atoms with Crippen LogP contribution in [0.3, 0.4) is 0 Å². The Kier molecular flexibility index (Phi) is 2.56. The molecular formula is C11H9ClN2O. The van der Waals surface area contributed by atoms with E-state index < -0.39 is 0 Å². The van der Waals surface area contributed by atoms with Crippen molar-refractivity contribution in [2.24, 2.45) is 0 Å². The van der Waals surface area contributed by atoms with Gasteiger partial charge in [-0.3, -0.25) is 9.78 Å². The van der Waals surface area contributed by atoms with E-state index in [0.29, 0.717) is 16.4 Å². The second-order valence-corrected chi connectivity index (χ2v) is 3.68. The zero-order chi connectivity index (χ0) is 10.8. The number of nitrogens with zero attached hydrogens (tertiary/aromatic N) is 1. The van der Waals surface area contributed by atoms with Gasteiger partial charge in [0.05, 0.1) is 11.4 Å². The lowest BCUT2D eigenvalue weighted by molar-refractivity contribution is 1.16. The first-order chi connectivity index (χ1) is 7.15. The van der Waals surface area contributed by atoms with Crippen molar-refractivity contribution in [1.29, 1.82) is 0 Å². The second kappa shape index (κ2) is 3.87. The van der Waals surface area contributed by atoms with Crippen molar-refractivity contribution in [3.8, 4) is 11.4 Å². The molecule has 3 nitrogen and oxygen atoms in total. The van der Waals surface area contributed by atoms with Crippen molar-refractivity contribution in [2.45, 2.75) is 6.92 Å². The smallest absolute Gasteiger partial charge is 0.248 e. The van der Waals surface area contributed by atoms with E-state index >= 15 is 0 Å². The molecule has 0 radical (unpaired) electrons. The molecule has 0 saturated heterocycles. The fraction of sp³-hybridized carbons (Fsp3) is 0.0909. The van der Waals surface area contributed by atoms with Crippen LogP contribution in [0, 0.1) is 6.92 Å². The Morgan fingerprint density at radius 1 is 1.33 bits per heavy atom. The van der Waals surface area contributed by atoms with E-state index in [1.165, 1.54) is 6.07 Å². The van der Waals surface area contributed by atoms with E-state index in [1.54, 1.807) is 24.3 Å². The summed E-state index contributed by atoms with van der Waals surface area (Å²) in [6.45, 7) is 1.86. The number of pyridine rings is 2. The Balaban J connectivity index is 2.58. The van der Waals surface area contributed by atoms with Crippen LogP contribution in [0.5, 0.6) is 0 Å². The number of H-pyrrole nitrogens is 1. The summed E-state index contributed by atoms with van der Waals surface area (Å²) in [5, 5.41) is 0.613. The minimum atomic E-state index is -0.146. The summed E-state index contributed by atoms with van der Waals surface area (Å²) in [5.41, 5.74) is 2.03. The minimum absolute atomic E-state index is 0.146. The van der Waals surface area contributed by atoms with Crippen LogP contribution in [0.1, 0.15) is 5.69 Å². The Morgan fingerprint density at radius 2 is 2.13 bits per heavy atom. The van der Waals surface area contributed by atoms with Gasteiger partial charge in [-0.1, -0.05) is 17.7 Å². The average Bonchev–Trinajstić information content (AvgIpc) is 2.16. The molecule has 0 atom stereocenters. The van der Waals surface area contributed by atoms with Crippen molar-refractivity contribution in [3.63, 3.8) is 0 Å². The zero-order valence-electron chi connectivity index (χ0n) is 8.12. The number of aryl methyl sites for hydroxylation is 1. The van der Waals surface area contributed by atoms with Crippen LogP contribution in [0.2, 0.25) is 5.02 Å². The van der Waals surface area contributed by atoms with Gasteiger partial charge in [0.2, 0.25) is 5.56 Å². The third-order valence-electron chi connectivity index (χ3n) is 1.96. The lowest BCUT2D eigenvalue weighted by atomic mass is 10.2. The molecule has 0 aliphatic carbocycles. The predicted octanol–water partition coefficient (Wildman–Crippen LogP) is 2.40. The van der Waals surface area contributed by atoms with E-state index in [9.17, 15) is 4.79 Å². The van der Waals surface area contributed by atoms with Gasteiger partial charge in [0.25, 0.3) is 0 Å². The molecule has 2 heterocycles. The maximum absolute atomic E-state index is 11.1. The predicted molar refractivity (Wildman–Crippen MR) is 60.0 cm³/mol. The molecule has 0 saturated carbocycles. The lowest BCUT2D eigenvalue weighted by Crippen LogP contribution is -2.04. The molecule has 4 heteroatoms. The Labute approximate surface area is 91.8 Å². The van der Waals surface area contributed by atoms with E-state index in [4.69, 9.17) is 11.6 Å². The summed E-state index contributed by atoms with van der Waals surface area (Å²) in [6, 6.07) is 8.43. The van der Waals surface area contributed by atoms with Crippen molar-refractivity contribution < 1.29 is 0 Å². The molecule has 2 rings (SSSR count). The summed E-state index contributed by atoms with van der Waals surface area (Å²) in [4.78, 5) is 18.1. The van der Waals surface area contributed by atoms with Gasteiger partial charge in [-0.25, -0.2) is 0 Å². The first-order valence-corrected chi connectivity index (χ1v) is 4.87. The van der Waals surface area contributed by atoms with E-state index in [1.807, 2.05) is 6.92 Å². The van der Waals surface area contributed by atoms with Gasteiger partial charge in [-0.2, -0.15) is 0 Å². The third-order valence-corrected chi connectivity index (χ3v) is 2.18. The molecule has 0 aliphatic rings. The second-order valence-electron chi connectivity index (χ2n) is 3.24. The molecule has 0 unspecified atom stereocenters. The fourth-order valence-corrected chi connectivity index (χ4v) is 1.62. The molecule has 76 valence electrons. The van der Waals surface area contributed by atoms with Crippen LogP contribution in [0.15, 0.2) is 35.1 Å². The summed E-state index contributed by atoms with van der Waals surface area (Å²) in [5.74, 6) is 0. The zero-order valence-corrected chi connectivity index (χ0v) is 8.88. The number of halogens is 1. The highest BCUT2D eigenvalue weighted by Crippen LogP contribution is 2.18. The maximum atomic E-state index is 11.1. The monoisotopic (exact) mass is 220 g/mol. The number of aromatic nitrogens is 2. The summed E-state index contributed by atoms with van der Waals surface area (Å²) in [6.07, 6.45) is 0. The quantitative estimate of drug-likeness (QED) is 0.802. The van der Waals surface area contributed by atoms with Crippen molar-refractivity contribution in [3.05, 3.63) is 51.4 Å². The van der Waals surface area contributed by atoms with Crippen molar-refractivity contribution in [2.75, 3.05) is 0 Å². The molecule has 0 amide bonds. The van der Waals surface area contributed by atoms with Gasteiger partial charge in [-0.15, -0.1) is 0 Å². The van der Waals surface area contributed by atoms with Crippen LogP contribution < -0.4 is 5.56 Å². The molecule has 0 aromatic carbocycles. The highest BCUT2D eigenvalue weighted by atomic mass is 35.5. The summed E-state index contributed by atoms with van der Waals surface area (Å²) < 4.78 is 0. The Morgan fingerprint density at radius 3 is 2.80 bits per heavy atom. The summed E-state index contributed by atoms with van der Waals surface area (Å²) in [7, 11) is 0. The standard InChI is InChI=1S/C11H9ClN2O/c1-7-5-8(12)6-10(13-7)9-3-2-4-11(15)14-9/h2-6H,1H3,(H,14,15). The van der Waals surface area contributed by atoms with Gasteiger partial charge >= 0.3 is 0 Å². The van der Waals surface area contributed by atoms with Gasteiger partial charge in [0.15, 0.2) is 0 Å². The number of hydrogen-bond acceptors (Lipinski definition) is 2. The molecule has 1 N–H and O–H groups in total. The molecular weight excluding hydrogens is 212 g/mol. The van der Waals surface area contributed by atoms with Crippen LogP contribution in [-0.4, -0.2) is 9.97 Å². The Bertz CT molecular complexity index is 528. The molecule has 0 aliphatic heterocycles. The number of nitrogens with one attached hydrogen (secondary N) is 1. The minimum Gasteiger partial charge on any atom is -0.321 e. The highest BCUT2D eigenvalue weighted by Gasteiger charge is 2.02. The van der Waals surface area contributed by atoms with E-state index in [2.05, 4.69) is 9.97 Å². The molecule has 2 aromatic heterocycles. The van der Waals surface area contributed by atoms with Gasteiger partial charge in [0.1, 0.15) is 0 Å². The van der Waals surface area contributed by atoms with Crippen LogP contribution in [-0.2, 0) is 0 Å². The van der Waals surface area contributed by atoms with Crippen molar-refractivity contribution >= 4 is 11.6 Å². The van der Waals surface area contributed by atoms with Gasteiger partial charge in [0, 0.05) is 16.8 Å². The van der Waals surface area contributed by atoms with Crippen molar-refractivity contribution in [1.82, 2.24) is 9.97 Å². The van der Waals surface area contributed by atoms with Gasteiger partial charge < -0.3 is 4.98 Å². The normalized spacial score (nSPS) is 10.3. The highest BCUT2D eigenvalue weighted by molar-refractivity contribution is 6.30. The van der Waals surface area contributed by atoms with E-state index in [-0.39, 0.29) is 5.56 Å². The van der Waals surface area contributed by atoms with Crippen LogP contribution in [0.25, 0.3) is 11.4 Å². The number of aromatic amines is 1. The topological polar surface area (TPSA) is 45.8 Å². The number of hydrogen-bond donors (Lipinski definition) is 1. The molecule has 15 heavy (non-hydrogen) atoms. The fourth-order valence-electron chi connectivity index (χ4n) is 1.36. The van der Waals surface area contributed by atoms with Crippen LogP contribution in [0.4, 0.5) is 0 Å². The van der Waals surface area contributed by atoms with E-state index in [0.717, 1.165) is 5.69 Å². The largest absolute Gasteiger partial charge is 0.321 e. The lowest BCUT2D eigenvalue weighted by Gasteiger charge is -2.02. The van der Waals surface area contributed by atoms with Gasteiger partial charge in [-0.05, 0) is 25.1 Å². The molecule has 0 bridgehead atoms. The Hall–Kier alpha value is -1.61. The third kappa shape index (κ3) is 2.25. The average molecular weight is 221 g/mol. The number of rotatable bonds is 1. The molecule has 2 aromatic rings. The first-order valence-electron chi connectivity index (χ1n) is 4.49. The first kappa shape index (κ1) is 9.93.